The normalized spacial score (nSPS) is 12.2. The maximum Gasteiger partial charge on any atom is 0.319 e. The van der Waals surface area contributed by atoms with E-state index in [1.807, 2.05) is 38.1 Å². The first-order chi connectivity index (χ1) is 10.0. The van der Waals surface area contributed by atoms with E-state index in [2.05, 4.69) is 29.8 Å². The molecule has 5 heteroatoms. The SMILES string of the molecule is CCNC(C)c1cccc(NC(=O)NCCOC(C)C)c1. The third-order valence-electron chi connectivity index (χ3n) is 2.99. The molecular weight excluding hydrogens is 266 g/mol. The average Bonchev–Trinajstić information content (AvgIpc) is 2.44. The van der Waals surface area contributed by atoms with Crippen molar-refractivity contribution in [1.82, 2.24) is 10.6 Å². The molecule has 1 aromatic carbocycles. The Labute approximate surface area is 127 Å². The van der Waals surface area contributed by atoms with Crippen LogP contribution in [-0.2, 0) is 4.74 Å². The molecule has 0 radical (unpaired) electrons. The van der Waals surface area contributed by atoms with Gasteiger partial charge in [-0.2, -0.15) is 0 Å². The molecule has 1 aromatic rings. The molecule has 0 saturated heterocycles. The number of ether oxygens (including phenoxy) is 1. The quantitative estimate of drug-likeness (QED) is 0.646. The number of anilines is 1. The molecule has 0 bridgehead atoms. The highest BCUT2D eigenvalue weighted by Gasteiger charge is 2.06. The minimum absolute atomic E-state index is 0.180. The first kappa shape index (κ1) is 17.5. The maximum absolute atomic E-state index is 11.8. The highest BCUT2D eigenvalue weighted by Crippen LogP contribution is 2.17. The molecule has 3 N–H and O–H groups in total. The molecule has 1 atom stereocenters. The number of carbonyl (C=O) groups excluding carboxylic acids is 1. The lowest BCUT2D eigenvalue weighted by Gasteiger charge is -2.14. The number of urea groups is 1. The van der Waals surface area contributed by atoms with E-state index in [1.165, 1.54) is 0 Å². The summed E-state index contributed by atoms with van der Waals surface area (Å²) in [5.41, 5.74) is 1.94. The predicted octanol–water partition coefficient (Wildman–Crippen LogP) is 2.90. The molecule has 1 unspecified atom stereocenters. The van der Waals surface area contributed by atoms with Crippen LogP contribution >= 0.6 is 0 Å². The van der Waals surface area contributed by atoms with Crippen molar-refractivity contribution in [2.45, 2.75) is 39.8 Å². The standard InChI is InChI=1S/C16H27N3O2/c1-5-17-13(4)14-7-6-8-15(11-14)19-16(20)18-9-10-21-12(2)3/h6-8,11-13,17H,5,9-10H2,1-4H3,(H2,18,19,20). The van der Waals surface area contributed by atoms with Crippen LogP contribution in [0.1, 0.15) is 39.3 Å². The molecule has 0 heterocycles. The van der Waals surface area contributed by atoms with Crippen LogP contribution in [0.25, 0.3) is 0 Å². The van der Waals surface area contributed by atoms with Crippen molar-refractivity contribution in [3.63, 3.8) is 0 Å². The van der Waals surface area contributed by atoms with E-state index in [1.54, 1.807) is 0 Å². The molecule has 0 spiro atoms. The summed E-state index contributed by atoms with van der Waals surface area (Å²) >= 11 is 0. The van der Waals surface area contributed by atoms with Gasteiger partial charge in [-0.15, -0.1) is 0 Å². The van der Waals surface area contributed by atoms with Crippen LogP contribution in [0.4, 0.5) is 10.5 Å². The summed E-state index contributed by atoms with van der Waals surface area (Å²) in [6, 6.07) is 7.91. The summed E-state index contributed by atoms with van der Waals surface area (Å²) < 4.78 is 5.37. The Morgan fingerprint density at radius 2 is 2.05 bits per heavy atom. The predicted molar refractivity (Wildman–Crippen MR) is 86.6 cm³/mol. The van der Waals surface area contributed by atoms with Gasteiger partial charge in [-0.1, -0.05) is 19.1 Å². The van der Waals surface area contributed by atoms with Crippen LogP contribution in [0.3, 0.4) is 0 Å². The van der Waals surface area contributed by atoms with Crippen LogP contribution in [0.2, 0.25) is 0 Å². The maximum atomic E-state index is 11.8. The number of hydrogen-bond acceptors (Lipinski definition) is 3. The van der Waals surface area contributed by atoms with Crippen molar-refractivity contribution in [2.75, 3.05) is 25.0 Å². The lowest BCUT2D eigenvalue weighted by molar-refractivity contribution is 0.0820. The fraction of sp³-hybridized carbons (Fsp3) is 0.562. The molecule has 1 rings (SSSR count). The van der Waals surface area contributed by atoms with Crippen LogP contribution in [0.15, 0.2) is 24.3 Å². The minimum Gasteiger partial charge on any atom is -0.377 e. The minimum atomic E-state index is -0.212. The Morgan fingerprint density at radius 3 is 2.71 bits per heavy atom. The summed E-state index contributed by atoms with van der Waals surface area (Å²) in [5, 5.41) is 8.95. The lowest BCUT2D eigenvalue weighted by atomic mass is 10.1. The molecule has 0 saturated carbocycles. The van der Waals surface area contributed by atoms with E-state index in [0.29, 0.717) is 13.2 Å². The molecule has 5 nitrogen and oxygen atoms in total. The van der Waals surface area contributed by atoms with Gasteiger partial charge < -0.3 is 20.7 Å². The van der Waals surface area contributed by atoms with Crippen LogP contribution < -0.4 is 16.0 Å². The Kier molecular flexibility index (Phi) is 7.79. The number of benzene rings is 1. The van der Waals surface area contributed by atoms with Gasteiger partial charge in [0.05, 0.1) is 12.7 Å². The second-order valence-electron chi connectivity index (χ2n) is 5.21. The summed E-state index contributed by atoms with van der Waals surface area (Å²) in [4.78, 5) is 11.8. The third-order valence-corrected chi connectivity index (χ3v) is 2.99. The van der Waals surface area contributed by atoms with Crippen molar-refractivity contribution in [2.24, 2.45) is 0 Å². The topological polar surface area (TPSA) is 62.4 Å². The van der Waals surface area contributed by atoms with Gasteiger partial charge >= 0.3 is 6.03 Å². The first-order valence-corrected chi connectivity index (χ1v) is 7.52. The van der Waals surface area contributed by atoms with Crippen molar-refractivity contribution in [3.05, 3.63) is 29.8 Å². The average molecular weight is 293 g/mol. The van der Waals surface area contributed by atoms with Crippen molar-refractivity contribution in [3.8, 4) is 0 Å². The highest BCUT2D eigenvalue weighted by molar-refractivity contribution is 5.89. The molecule has 2 amide bonds. The Balaban J connectivity index is 2.43. The molecule has 118 valence electrons. The number of nitrogens with one attached hydrogen (secondary N) is 3. The van der Waals surface area contributed by atoms with Gasteiger partial charge in [0.2, 0.25) is 0 Å². The second kappa shape index (κ2) is 9.37. The van der Waals surface area contributed by atoms with E-state index in [9.17, 15) is 4.79 Å². The van der Waals surface area contributed by atoms with Gasteiger partial charge in [-0.3, -0.25) is 0 Å². The Bertz CT molecular complexity index is 435. The molecule has 0 aliphatic rings. The van der Waals surface area contributed by atoms with Gasteiger partial charge in [0.15, 0.2) is 0 Å². The largest absolute Gasteiger partial charge is 0.377 e. The molecule has 21 heavy (non-hydrogen) atoms. The molecule has 0 fully saturated rings. The van der Waals surface area contributed by atoms with E-state index < -0.39 is 0 Å². The summed E-state index contributed by atoms with van der Waals surface area (Å²) in [5.74, 6) is 0. The fourth-order valence-corrected chi connectivity index (χ4v) is 1.94. The monoisotopic (exact) mass is 293 g/mol. The number of rotatable bonds is 8. The third kappa shape index (κ3) is 7.11. The van der Waals surface area contributed by atoms with E-state index >= 15 is 0 Å². The highest BCUT2D eigenvalue weighted by atomic mass is 16.5. The lowest BCUT2D eigenvalue weighted by Crippen LogP contribution is -2.32. The molecule has 0 aromatic heterocycles. The number of amides is 2. The summed E-state index contributed by atoms with van der Waals surface area (Å²) in [7, 11) is 0. The van der Waals surface area contributed by atoms with Crippen LogP contribution in [0, 0.1) is 0 Å². The van der Waals surface area contributed by atoms with Gasteiger partial charge in [-0.05, 0) is 45.0 Å². The first-order valence-electron chi connectivity index (χ1n) is 7.52. The van der Waals surface area contributed by atoms with Gasteiger partial charge in [0.25, 0.3) is 0 Å². The Morgan fingerprint density at radius 1 is 1.29 bits per heavy atom. The number of carbonyl (C=O) groups is 1. The molecule has 0 aliphatic heterocycles. The van der Waals surface area contributed by atoms with E-state index in [4.69, 9.17) is 4.74 Å². The van der Waals surface area contributed by atoms with Crippen molar-refractivity contribution < 1.29 is 9.53 Å². The van der Waals surface area contributed by atoms with E-state index in [0.717, 1.165) is 17.8 Å². The van der Waals surface area contributed by atoms with Crippen molar-refractivity contribution in [1.29, 1.82) is 0 Å². The Hall–Kier alpha value is -1.59. The van der Waals surface area contributed by atoms with Crippen LogP contribution in [0.5, 0.6) is 0 Å². The smallest absolute Gasteiger partial charge is 0.319 e. The van der Waals surface area contributed by atoms with Gasteiger partial charge in [-0.25, -0.2) is 4.79 Å². The van der Waals surface area contributed by atoms with E-state index in [-0.39, 0.29) is 18.2 Å². The van der Waals surface area contributed by atoms with Gasteiger partial charge in [0.1, 0.15) is 0 Å². The zero-order valence-corrected chi connectivity index (χ0v) is 13.4. The number of hydrogen-bond donors (Lipinski definition) is 3. The second-order valence-corrected chi connectivity index (χ2v) is 5.21. The fourth-order valence-electron chi connectivity index (χ4n) is 1.94. The van der Waals surface area contributed by atoms with Crippen LogP contribution in [-0.4, -0.2) is 31.8 Å². The van der Waals surface area contributed by atoms with Gasteiger partial charge in [0, 0.05) is 18.3 Å². The molecule has 0 aliphatic carbocycles. The van der Waals surface area contributed by atoms with Crippen molar-refractivity contribution >= 4 is 11.7 Å². The zero-order valence-electron chi connectivity index (χ0n) is 13.4. The zero-order chi connectivity index (χ0) is 15.7. The summed E-state index contributed by atoms with van der Waals surface area (Å²) in [6.45, 7) is 10.0. The molecular formula is C16H27N3O2. The summed E-state index contributed by atoms with van der Waals surface area (Å²) in [6.07, 6.45) is 0.180.